The highest BCUT2D eigenvalue weighted by atomic mass is 16.4. The minimum Gasteiger partial charge on any atom is -0.481 e. The molecule has 0 unspecified atom stereocenters. The normalized spacial score (nSPS) is 17.6. The maximum Gasteiger partial charge on any atom is 0.317 e. The van der Waals surface area contributed by atoms with Gasteiger partial charge in [0.2, 0.25) is 0 Å². The van der Waals surface area contributed by atoms with E-state index >= 15 is 0 Å². The molecule has 20 heavy (non-hydrogen) atoms. The lowest BCUT2D eigenvalue weighted by Gasteiger charge is -2.25. The van der Waals surface area contributed by atoms with Crippen molar-refractivity contribution in [2.75, 3.05) is 45.9 Å². The SMILES string of the molecule is CC(C)(CNC(=O)N1CCCN(CCO)CC1)C(=O)O. The van der Waals surface area contributed by atoms with Gasteiger partial charge in [-0.3, -0.25) is 9.69 Å². The molecule has 7 nitrogen and oxygen atoms in total. The summed E-state index contributed by atoms with van der Waals surface area (Å²) in [6, 6.07) is -0.217. The summed E-state index contributed by atoms with van der Waals surface area (Å²) in [5.74, 6) is -0.928. The van der Waals surface area contributed by atoms with Crippen LogP contribution in [0.4, 0.5) is 4.79 Å². The first kappa shape index (κ1) is 16.7. The van der Waals surface area contributed by atoms with E-state index in [-0.39, 0.29) is 19.2 Å². The lowest BCUT2D eigenvalue weighted by molar-refractivity contribution is -0.146. The minimum absolute atomic E-state index is 0.109. The molecule has 0 aromatic rings. The molecule has 7 heteroatoms. The number of carbonyl (C=O) groups is 2. The molecule has 0 spiro atoms. The molecule has 0 aliphatic carbocycles. The number of aliphatic hydroxyl groups excluding tert-OH is 1. The van der Waals surface area contributed by atoms with E-state index in [1.54, 1.807) is 18.7 Å². The van der Waals surface area contributed by atoms with Gasteiger partial charge in [0, 0.05) is 32.7 Å². The summed E-state index contributed by atoms with van der Waals surface area (Å²) in [7, 11) is 0. The standard InChI is InChI=1S/C13H25N3O4/c1-13(2,11(18)19)10-14-12(20)16-5-3-4-15(6-7-16)8-9-17/h17H,3-10H2,1-2H3,(H,14,20)(H,18,19). The van der Waals surface area contributed by atoms with Crippen molar-refractivity contribution in [3.05, 3.63) is 0 Å². The zero-order valence-corrected chi connectivity index (χ0v) is 12.3. The summed E-state index contributed by atoms with van der Waals surface area (Å²) in [6.07, 6.45) is 0.857. The fourth-order valence-corrected chi connectivity index (χ4v) is 2.02. The van der Waals surface area contributed by atoms with E-state index in [1.165, 1.54) is 0 Å². The molecular formula is C13H25N3O4. The van der Waals surface area contributed by atoms with Crippen molar-refractivity contribution in [3.63, 3.8) is 0 Å². The Balaban J connectivity index is 2.42. The van der Waals surface area contributed by atoms with Gasteiger partial charge >= 0.3 is 12.0 Å². The van der Waals surface area contributed by atoms with Gasteiger partial charge in [-0.1, -0.05) is 0 Å². The van der Waals surface area contributed by atoms with Crippen LogP contribution >= 0.6 is 0 Å². The third-order valence-corrected chi connectivity index (χ3v) is 3.55. The first-order chi connectivity index (χ1) is 9.36. The van der Waals surface area contributed by atoms with E-state index in [4.69, 9.17) is 10.2 Å². The number of β-amino-alcohol motifs (C(OH)–C–C–N with tert-alkyl or cyclic N) is 1. The second-order valence-corrected chi connectivity index (χ2v) is 5.75. The molecule has 0 bridgehead atoms. The number of hydrogen-bond donors (Lipinski definition) is 3. The van der Waals surface area contributed by atoms with Crippen molar-refractivity contribution < 1.29 is 19.8 Å². The highest BCUT2D eigenvalue weighted by molar-refractivity contribution is 5.77. The smallest absolute Gasteiger partial charge is 0.317 e. The monoisotopic (exact) mass is 287 g/mol. The van der Waals surface area contributed by atoms with Crippen molar-refractivity contribution in [1.29, 1.82) is 0 Å². The van der Waals surface area contributed by atoms with Crippen LogP contribution < -0.4 is 5.32 Å². The summed E-state index contributed by atoms with van der Waals surface area (Å²) in [5.41, 5.74) is -0.968. The summed E-state index contributed by atoms with van der Waals surface area (Å²) in [4.78, 5) is 26.8. The first-order valence-corrected chi connectivity index (χ1v) is 6.96. The number of urea groups is 1. The Morgan fingerprint density at radius 3 is 2.50 bits per heavy atom. The van der Waals surface area contributed by atoms with Crippen molar-refractivity contribution in [1.82, 2.24) is 15.1 Å². The van der Waals surface area contributed by atoms with Crippen molar-refractivity contribution in [3.8, 4) is 0 Å². The van der Waals surface area contributed by atoms with Gasteiger partial charge in [-0.15, -0.1) is 0 Å². The number of hydrogen-bond acceptors (Lipinski definition) is 4. The highest BCUT2D eigenvalue weighted by Gasteiger charge is 2.28. The third kappa shape index (κ3) is 4.97. The van der Waals surface area contributed by atoms with Crippen LogP contribution in [0.1, 0.15) is 20.3 Å². The number of aliphatic carboxylic acids is 1. The van der Waals surface area contributed by atoms with Crippen LogP contribution in [0.3, 0.4) is 0 Å². The van der Waals surface area contributed by atoms with E-state index in [0.29, 0.717) is 19.6 Å². The number of nitrogens with zero attached hydrogens (tertiary/aromatic N) is 2. The molecule has 3 N–H and O–H groups in total. The molecule has 1 aliphatic heterocycles. The van der Waals surface area contributed by atoms with E-state index < -0.39 is 11.4 Å². The predicted molar refractivity (Wildman–Crippen MR) is 74.5 cm³/mol. The van der Waals surface area contributed by atoms with Crippen LogP contribution in [0.25, 0.3) is 0 Å². The summed E-state index contributed by atoms with van der Waals surface area (Å²) >= 11 is 0. The largest absolute Gasteiger partial charge is 0.481 e. The molecular weight excluding hydrogens is 262 g/mol. The second kappa shape index (κ2) is 7.44. The molecule has 1 fully saturated rings. The number of rotatable bonds is 5. The van der Waals surface area contributed by atoms with E-state index in [9.17, 15) is 9.59 Å². The van der Waals surface area contributed by atoms with E-state index in [2.05, 4.69) is 10.2 Å². The van der Waals surface area contributed by atoms with E-state index in [1.807, 2.05) is 0 Å². The first-order valence-electron chi connectivity index (χ1n) is 6.96. The Morgan fingerprint density at radius 1 is 1.20 bits per heavy atom. The fraction of sp³-hybridized carbons (Fsp3) is 0.846. The second-order valence-electron chi connectivity index (χ2n) is 5.75. The molecule has 1 rings (SSSR count). The van der Waals surface area contributed by atoms with Gasteiger partial charge in [0.15, 0.2) is 0 Å². The summed E-state index contributed by atoms with van der Waals surface area (Å²) < 4.78 is 0. The van der Waals surface area contributed by atoms with Crippen molar-refractivity contribution >= 4 is 12.0 Å². The molecule has 1 saturated heterocycles. The molecule has 0 radical (unpaired) electrons. The topological polar surface area (TPSA) is 93.1 Å². The molecule has 0 aromatic carbocycles. The van der Waals surface area contributed by atoms with Crippen LogP contribution in [-0.4, -0.2) is 77.9 Å². The van der Waals surface area contributed by atoms with Gasteiger partial charge < -0.3 is 20.4 Å². The number of carboxylic acids is 1. The number of nitrogens with one attached hydrogen (secondary N) is 1. The average Bonchev–Trinajstić information content (AvgIpc) is 2.62. The van der Waals surface area contributed by atoms with Gasteiger partial charge in [0.25, 0.3) is 0 Å². The Bertz CT molecular complexity index is 347. The molecule has 1 aliphatic rings. The van der Waals surface area contributed by atoms with Gasteiger partial charge in [0.05, 0.1) is 12.0 Å². The third-order valence-electron chi connectivity index (χ3n) is 3.55. The van der Waals surface area contributed by atoms with E-state index in [0.717, 1.165) is 19.5 Å². The summed E-state index contributed by atoms with van der Waals surface area (Å²) in [6.45, 7) is 6.88. The average molecular weight is 287 g/mol. The highest BCUT2D eigenvalue weighted by Crippen LogP contribution is 2.13. The van der Waals surface area contributed by atoms with Crippen LogP contribution in [0, 0.1) is 5.41 Å². The Kier molecular flexibility index (Phi) is 6.22. The van der Waals surface area contributed by atoms with Gasteiger partial charge in [-0.2, -0.15) is 0 Å². The van der Waals surface area contributed by atoms with Gasteiger partial charge in [-0.25, -0.2) is 4.79 Å². The molecule has 0 atom stereocenters. The molecule has 0 aromatic heterocycles. The zero-order chi connectivity index (χ0) is 15.2. The predicted octanol–water partition coefficient (Wildman–Crippen LogP) is -0.193. The minimum atomic E-state index is -0.968. The number of carboxylic acid groups (broad SMARTS) is 1. The van der Waals surface area contributed by atoms with Gasteiger partial charge in [0.1, 0.15) is 0 Å². The number of amides is 2. The zero-order valence-electron chi connectivity index (χ0n) is 12.3. The quantitative estimate of drug-likeness (QED) is 0.651. The summed E-state index contributed by atoms with van der Waals surface area (Å²) in [5, 5.41) is 20.6. The van der Waals surface area contributed by atoms with Crippen LogP contribution in [0.5, 0.6) is 0 Å². The number of carbonyl (C=O) groups excluding carboxylic acids is 1. The lowest BCUT2D eigenvalue weighted by Crippen LogP contribution is -2.46. The molecule has 1 heterocycles. The van der Waals surface area contributed by atoms with Crippen molar-refractivity contribution in [2.45, 2.75) is 20.3 Å². The van der Waals surface area contributed by atoms with Crippen LogP contribution in [0.15, 0.2) is 0 Å². The lowest BCUT2D eigenvalue weighted by atomic mass is 9.94. The fourth-order valence-electron chi connectivity index (χ4n) is 2.02. The molecule has 0 saturated carbocycles. The molecule has 2 amide bonds. The van der Waals surface area contributed by atoms with Crippen LogP contribution in [-0.2, 0) is 4.79 Å². The maximum atomic E-state index is 12.0. The Hall–Kier alpha value is -1.34. The van der Waals surface area contributed by atoms with Crippen molar-refractivity contribution in [2.24, 2.45) is 5.41 Å². The van der Waals surface area contributed by atoms with Crippen LogP contribution in [0.2, 0.25) is 0 Å². The Morgan fingerprint density at radius 2 is 1.90 bits per heavy atom. The Labute approximate surface area is 119 Å². The maximum absolute atomic E-state index is 12.0. The number of aliphatic hydroxyl groups is 1. The molecule has 116 valence electrons. The van der Waals surface area contributed by atoms with Gasteiger partial charge in [-0.05, 0) is 26.8 Å².